The average molecular weight is 600 g/mol. The van der Waals surface area contributed by atoms with Crippen molar-refractivity contribution in [2.24, 2.45) is 29.1 Å². The Morgan fingerprint density at radius 3 is 2.30 bits per heavy atom. The van der Waals surface area contributed by atoms with Gasteiger partial charge < -0.3 is 30.1 Å². The van der Waals surface area contributed by atoms with E-state index in [0.717, 1.165) is 6.42 Å². The molecule has 4 rings (SSSR count). The number of nitrogens with one attached hydrogen (secondary N) is 2. The summed E-state index contributed by atoms with van der Waals surface area (Å²) in [6.45, 7) is 20.5. The van der Waals surface area contributed by atoms with Gasteiger partial charge in [-0.3, -0.25) is 14.4 Å². The number of aliphatic hydroxyl groups excluding tert-OH is 1. The summed E-state index contributed by atoms with van der Waals surface area (Å²) in [6.07, 6.45) is 1.72. The molecule has 1 aromatic carbocycles. The molecule has 0 aromatic heterocycles. The number of hydrogen-bond donors (Lipinski definition) is 3. The monoisotopic (exact) mass is 599 g/mol. The number of carbonyl (C=O) groups excluding carboxylic acids is 3. The Hall–Kier alpha value is -2.65. The first-order valence-corrected chi connectivity index (χ1v) is 15.9. The summed E-state index contributed by atoms with van der Waals surface area (Å²) in [6, 6.07) is 5.60. The van der Waals surface area contributed by atoms with E-state index in [1.807, 2.05) is 48.5 Å². The lowest BCUT2D eigenvalue weighted by Gasteiger charge is -2.40. The molecule has 2 bridgehead atoms. The summed E-state index contributed by atoms with van der Waals surface area (Å²) in [5, 5.41) is 16.8. The number of carbonyl (C=O) groups is 3. The Morgan fingerprint density at radius 2 is 1.77 bits per heavy atom. The van der Waals surface area contributed by atoms with Gasteiger partial charge in [-0.1, -0.05) is 41.5 Å². The minimum Gasteiger partial charge on any atom is -0.494 e. The van der Waals surface area contributed by atoms with Gasteiger partial charge in [0.1, 0.15) is 17.4 Å². The number of anilines is 1. The molecule has 3 aliphatic heterocycles. The summed E-state index contributed by atoms with van der Waals surface area (Å²) >= 11 is 0. The van der Waals surface area contributed by atoms with Gasteiger partial charge in [-0.15, -0.1) is 0 Å². The lowest BCUT2D eigenvalue weighted by Crippen LogP contribution is -2.61. The van der Waals surface area contributed by atoms with Crippen molar-refractivity contribution in [3.63, 3.8) is 0 Å². The lowest BCUT2D eigenvalue weighted by atomic mass is 9.62. The Morgan fingerprint density at radius 1 is 1.14 bits per heavy atom. The Labute approximate surface area is 257 Å². The Kier molecular flexibility index (Phi) is 9.04. The molecule has 3 aliphatic rings. The van der Waals surface area contributed by atoms with Gasteiger partial charge in [-0.05, 0) is 88.5 Å². The van der Waals surface area contributed by atoms with Crippen molar-refractivity contribution in [2.75, 3.05) is 18.5 Å². The highest BCUT2D eigenvalue weighted by Crippen LogP contribution is 2.65. The molecule has 240 valence electrons. The number of amides is 3. The molecule has 3 unspecified atom stereocenters. The van der Waals surface area contributed by atoms with Crippen LogP contribution < -0.4 is 15.4 Å². The van der Waals surface area contributed by atoms with Crippen LogP contribution in [0.5, 0.6) is 5.75 Å². The average Bonchev–Trinajstić information content (AvgIpc) is 3.38. The smallest absolute Gasteiger partial charge is 0.246 e. The summed E-state index contributed by atoms with van der Waals surface area (Å²) in [7, 11) is 0. The SMILES string of the molecule is CCOc1ccc(NC(=O)[C@H]2[C@H]3C(=O)N([C@@H](CO)CC(C)C)C(C(=O)NC(C)(C)CC(C)(C)C)C34CC(C)[C@]2(C)O4)cc1. The summed E-state index contributed by atoms with van der Waals surface area (Å²) < 4.78 is 12.4. The van der Waals surface area contributed by atoms with Crippen LogP contribution in [-0.2, 0) is 19.1 Å². The molecule has 43 heavy (non-hydrogen) atoms. The van der Waals surface area contributed by atoms with Crippen LogP contribution in [0.3, 0.4) is 0 Å². The number of likely N-dealkylation sites (tertiary alicyclic amines) is 1. The van der Waals surface area contributed by atoms with Crippen molar-refractivity contribution in [1.29, 1.82) is 0 Å². The summed E-state index contributed by atoms with van der Waals surface area (Å²) in [5.74, 6) is -1.76. The third kappa shape index (κ3) is 6.17. The van der Waals surface area contributed by atoms with Crippen molar-refractivity contribution in [2.45, 2.75) is 117 Å². The third-order valence-electron chi connectivity index (χ3n) is 9.50. The van der Waals surface area contributed by atoms with Crippen molar-refractivity contribution in [1.82, 2.24) is 10.2 Å². The predicted molar refractivity (Wildman–Crippen MR) is 166 cm³/mol. The van der Waals surface area contributed by atoms with E-state index in [9.17, 15) is 19.5 Å². The van der Waals surface area contributed by atoms with Gasteiger partial charge in [0.2, 0.25) is 17.7 Å². The number of nitrogens with zero attached hydrogens (tertiary/aromatic N) is 1. The van der Waals surface area contributed by atoms with E-state index in [-0.39, 0.29) is 41.6 Å². The normalized spacial score (nSPS) is 30.9. The highest BCUT2D eigenvalue weighted by molar-refractivity contribution is 6.02. The van der Waals surface area contributed by atoms with Gasteiger partial charge in [0, 0.05) is 11.2 Å². The first kappa shape index (κ1) is 33.2. The van der Waals surface area contributed by atoms with Gasteiger partial charge in [0.25, 0.3) is 0 Å². The van der Waals surface area contributed by atoms with Crippen LogP contribution in [0.25, 0.3) is 0 Å². The molecule has 3 amide bonds. The van der Waals surface area contributed by atoms with Gasteiger partial charge in [0.05, 0.1) is 36.7 Å². The van der Waals surface area contributed by atoms with Crippen LogP contribution >= 0.6 is 0 Å². The highest BCUT2D eigenvalue weighted by atomic mass is 16.5. The second-order valence-electron chi connectivity index (χ2n) is 15.5. The number of benzene rings is 1. The van der Waals surface area contributed by atoms with Crippen molar-refractivity contribution >= 4 is 23.4 Å². The van der Waals surface area contributed by atoms with Crippen LogP contribution in [0.1, 0.15) is 88.5 Å². The molecule has 7 atom stereocenters. The first-order valence-electron chi connectivity index (χ1n) is 15.9. The zero-order valence-corrected chi connectivity index (χ0v) is 27.7. The molecule has 3 N–H and O–H groups in total. The second-order valence-corrected chi connectivity index (χ2v) is 15.5. The fourth-order valence-corrected chi connectivity index (χ4v) is 8.38. The third-order valence-corrected chi connectivity index (χ3v) is 9.50. The predicted octanol–water partition coefficient (Wildman–Crippen LogP) is 4.77. The maximum Gasteiger partial charge on any atom is 0.246 e. The zero-order chi connectivity index (χ0) is 32.1. The number of aliphatic hydroxyl groups is 1. The van der Waals surface area contributed by atoms with Crippen LogP contribution in [0.4, 0.5) is 5.69 Å². The van der Waals surface area contributed by atoms with Gasteiger partial charge in [-0.2, -0.15) is 0 Å². The van der Waals surface area contributed by atoms with Crippen molar-refractivity contribution in [3.05, 3.63) is 24.3 Å². The van der Waals surface area contributed by atoms with Crippen LogP contribution in [0.2, 0.25) is 0 Å². The maximum atomic E-state index is 14.6. The fourth-order valence-electron chi connectivity index (χ4n) is 8.38. The first-order chi connectivity index (χ1) is 19.9. The minimum atomic E-state index is -1.18. The van der Waals surface area contributed by atoms with Crippen molar-refractivity contribution < 1.29 is 29.0 Å². The minimum absolute atomic E-state index is 0.0393. The van der Waals surface area contributed by atoms with Crippen LogP contribution in [0, 0.1) is 29.1 Å². The number of ether oxygens (including phenoxy) is 2. The Balaban J connectivity index is 1.75. The fraction of sp³-hybridized carbons (Fsp3) is 0.735. The lowest BCUT2D eigenvalue weighted by molar-refractivity contribution is -0.151. The molecule has 3 saturated heterocycles. The molecule has 0 aliphatic carbocycles. The number of fused-ring (bicyclic) bond motifs is 1. The molecule has 0 radical (unpaired) electrons. The van der Waals surface area contributed by atoms with Gasteiger partial charge >= 0.3 is 0 Å². The van der Waals surface area contributed by atoms with Crippen molar-refractivity contribution in [3.8, 4) is 5.75 Å². The summed E-state index contributed by atoms with van der Waals surface area (Å²) in [4.78, 5) is 44.6. The van der Waals surface area contributed by atoms with E-state index < -0.39 is 40.7 Å². The molecule has 0 saturated carbocycles. The van der Waals surface area contributed by atoms with E-state index in [4.69, 9.17) is 9.47 Å². The van der Waals surface area contributed by atoms with E-state index >= 15 is 0 Å². The van der Waals surface area contributed by atoms with E-state index in [0.29, 0.717) is 30.9 Å². The standard InChI is InChI=1S/C34H53N3O6/c1-11-42-24-14-12-22(13-15-24)35-28(39)25-26-30(41)37(23(18-38)16-20(2)3)27(34(26)17-21(4)33(25,10)43-34)29(40)36-32(8,9)19-31(5,6)7/h12-15,20-21,23,25-27,38H,11,16-19H2,1-10H3,(H,35,39)(H,36,40)/t21?,23-,25-,26+,27?,33+,34?/m1/s1. The highest BCUT2D eigenvalue weighted by Gasteiger charge is 2.80. The quantitative estimate of drug-likeness (QED) is 0.337. The van der Waals surface area contributed by atoms with Gasteiger partial charge in [0.15, 0.2) is 0 Å². The zero-order valence-electron chi connectivity index (χ0n) is 27.7. The summed E-state index contributed by atoms with van der Waals surface area (Å²) in [5.41, 5.74) is -2.12. The molecule has 9 nitrogen and oxygen atoms in total. The van der Waals surface area contributed by atoms with Gasteiger partial charge in [-0.25, -0.2) is 0 Å². The molecular weight excluding hydrogens is 546 g/mol. The largest absolute Gasteiger partial charge is 0.494 e. The van der Waals surface area contributed by atoms with Crippen LogP contribution in [-0.4, -0.2) is 69.8 Å². The molecular formula is C34H53N3O6. The maximum absolute atomic E-state index is 14.6. The van der Waals surface area contributed by atoms with E-state index in [1.165, 1.54) is 0 Å². The molecule has 1 spiro atoms. The molecule has 1 aromatic rings. The van der Waals surface area contributed by atoms with Crippen LogP contribution in [0.15, 0.2) is 24.3 Å². The Bertz CT molecular complexity index is 1210. The molecule has 9 heteroatoms. The number of rotatable bonds is 11. The van der Waals surface area contributed by atoms with E-state index in [1.54, 1.807) is 29.2 Å². The number of hydrogen-bond acceptors (Lipinski definition) is 6. The molecule has 3 fully saturated rings. The second kappa shape index (κ2) is 11.7. The van der Waals surface area contributed by atoms with E-state index in [2.05, 4.69) is 31.4 Å². The topological polar surface area (TPSA) is 117 Å². The molecule has 3 heterocycles.